The van der Waals surface area contributed by atoms with E-state index in [0.717, 1.165) is 22.6 Å². The van der Waals surface area contributed by atoms with Crippen LogP contribution in [0.3, 0.4) is 0 Å². The molecule has 134 valence electrons. The van der Waals surface area contributed by atoms with E-state index in [1.165, 1.54) is 0 Å². The van der Waals surface area contributed by atoms with Gasteiger partial charge in [-0.3, -0.25) is 4.79 Å². The summed E-state index contributed by atoms with van der Waals surface area (Å²) in [7, 11) is 1.62. The quantitative estimate of drug-likeness (QED) is 0.530. The molecule has 2 aromatic rings. The maximum absolute atomic E-state index is 12.5. The molecule has 0 aliphatic heterocycles. The summed E-state index contributed by atoms with van der Waals surface area (Å²) in [5.41, 5.74) is 1.20. The molecule has 0 aromatic heterocycles. The number of para-hydroxylation sites is 1. The second-order valence-electron chi connectivity index (χ2n) is 6.51. The number of rotatable bonds is 8. The third-order valence-electron chi connectivity index (χ3n) is 4.05. The van der Waals surface area contributed by atoms with Crippen molar-refractivity contribution in [3.8, 4) is 11.5 Å². The van der Waals surface area contributed by atoms with Gasteiger partial charge in [0.2, 0.25) is 0 Å². The fraction of sp³-hybridized carbons (Fsp3) is 0.381. The first-order valence-electron chi connectivity index (χ1n) is 8.44. The maximum Gasteiger partial charge on any atom is 0.315 e. The van der Waals surface area contributed by atoms with Gasteiger partial charge in [0.05, 0.1) is 25.7 Å². The molecule has 0 bridgehead atoms. The van der Waals surface area contributed by atoms with Crippen LogP contribution in [0.15, 0.2) is 48.5 Å². The Kier molecular flexibility index (Phi) is 6.45. The average Bonchev–Trinajstić information content (AvgIpc) is 2.61. The second-order valence-corrected chi connectivity index (χ2v) is 6.51. The number of carbonyl (C=O) groups is 1. The van der Waals surface area contributed by atoms with Gasteiger partial charge in [-0.15, -0.1) is 0 Å². The monoisotopic (exact) mass is 342 g/mol. The molecule has 0 saturated carbocycles. The molecule has 0 radical (unpaired) electrons. The SMILES string of the molecule is COc1cc(C)cc(C(C)(C)C(=O)OCCCOc2ccccc2)c1. The first-order valence-corrected chi connectivity index (χ1v) is 8.44. The molecule has 2 rings (SSSR count). The van der Waals surface area contributed by atoms with Crippen LogP contribution in [0.2, 0.25) is 0 Å². The van der Waals surface area contributed by atoms with Crippen molar-refractivity contribution in [2.75, 3.05) is 20.3 Å². The Morgan fingerprint density at radius 1 is 1.00 bits per heavy atom. The molecule has 0 heterocycles. The standard InChI is InChI=1S/C21H26O4/c1-16-13-17(15-19(14-16)23-4)21(2,3)20(22)25-12-8-11-24-18-9-6-5-7-10-18/h5-7,9-10,13-15H,8,11-12H2,1-4H3. The number of esters is 1. The van der Waals surface area contributed by atoms with Crippen LogP contribution in [-0.2, 0) is 14.9 Å². The minimum Gasteiger partial charge on any atom is -0.497 e. The Morgan fingerprint density at radius 2 is 1.72 bits per heavy atom. The van der Waals surface area contributed by atoms with E-state index in [9.17, 15) is 4.79 Å². The van der Waals surface area contributed by atoms with Crippen LogP contribution >= 0.6 is 0 Å². The van der Waals surface area contributed by atoms with Crippen LogP contribution in [0.4, 0.5) is 0 Å². The largest absolute Gasteiger partial charge is 0.497 e. The Bertz CT molecular complexity index is 692. The normalized spacial score (nSPS) is 11.0. The lowest BCUT2D eigenvalue weighted by Gasteiger charge is -2.24. The van der Waals surface area contributed by atoms with Gasteiger partial charge in [-0.1, -0.05) is 24.3 Å². The van der Waals surface area contributed by atoms with Gasteiger partial charge < -0.3 is 14.2 Å². The van der Waals surface area contributed by atoms with E-state index >= 15 is 0 Å². The third-order valence-corrected chi connectivity index (χ3v) is 4.05. The summed E-state index contributed by atoms with van der Waals surface area (Å²) in [5, 5.41) is 0. The van der Waals surface area contributed by atoms with Gasteiger partial charge in [0.15, 0.2) is 0 Å². The van der Waals surface area contributed by atoms with E-state index in [1.54, 1.807) is 7.11 Å². The molecule has 0 fully saturated rings. The van der Waals surface area contributed by atoms with Crippen molar-refractivity contribution in [3.63, 3.8) is 0 Å². The lowest BCUT2D eigenvalue weighted by Crippen LogP contribution is -2.31. The van der Waals surface area contributed by atoms with Crippen LogP contribution in [-0.4, -0.2) is 26.3 Å². The van der Waals surface area contributed by atoms with E-state index in [-0.39, 0.29) is 5.97 Å². The summed E-state index contributed by atoms with van der Waals surface area (Å²) in [4.78, 5) is 12.5. The first-order chi connectivity index (χ1) is 11.9. The minimum absolute atomic E-state index is 0.250. The van der Waals surface area contributed by atoms with Crippen molar-refractivity contribution >= 4 is 5.97 Å². The highest BCUT2D eigenvalue weighted by molar-refractivity contribution is 5.82. The van der Waals surface area contributed by atoms with Gasteiger partial charge in [-0.05, 0) is 56.2 Å². The van der Waals surface area contributed by atoms with Gasteiger partial charge in [-0.25, -0.2) is 0 Å². The number of benzene rings is 2. The topological polar surface area (TPSA) is 44.8 Å². The second kappa shape index (κ2) is 8.56. The number of methoxy groups -OCH3 is 1. The van der Waals surface area contributed by atoms with Gasteiger partial charge in [0, 0.05) is 6.42 Å². The zero-order valence-electron chi connectivity index (χ0n) is 15.4. The van der Waals surface area contributed by atoms with Crippen molar-refractivity contribution in [1.82, 2.24) is 0 Å². The smallest absolute Gasteiger partial charge is 0.315 e. The molecule has 0 unspecified atom stereocenters. The highest BCUT2D eigenvalue weighted by Gasteiger charge is 2.32. The lowest BCUT2D eigenvalue weighted by atomic mass is 9.84. The molecule has 0 saturated heterocycles. The van der Waals surface area contributed by atoms with Crippen molar-refractivity contribution in [2.24, 2.45) is 0 Å². The Hall–Kier alpha value is -2.49. The highest BCUT2D eigenvalue weighted by atomic mass is 16.5. The summed E-state index contributed by atoms with van der Waals surface area (Å²) >= 11 is 0. The van der Waals surface area contributed by atoms with E-state index in [4.69, 9.17) is 14.2 Å². The first kappa shape index (κ1) is 18.8. The summed E-state index contributed by atoms with van der Waals surface area (Å²) < 4.78 is 16.3. The van der Waals surface area contributed by atoms with E-state index in [1.807, 2.05) is 69.3 Å². The number of ether oxygens (including phenoxy) is 3. The number of hydrogen-bond acceptors (Lipinski definition) is 4. The molecular formula is C21H26O4. The molecule has 4 nitrogen and oxygen atoms in total. The summed E-state index contributed by atoms with van der Waals surface area (Å²) in [6, 6.07) is 15.4. The van der Waals surface area contributed by atoms with Crippen LogP contribution in [0.1, 0.15) is 31.4 Å². The zero-order valence-corrected chi connectivity index (χ0v) is 15.4. The molecule has 4 heteroatoms. The van der Waals surface area contributed by atoms with E-state index in [2.05, 4.69) is 0 Å². The Balaban J connectivity index is 1.85. The van der Waals surface area contributed by atoms with Crippen molar-refractivity contribution in [1.29, 1.82) is 0 Å². The molecule has 0 amide bonds. The predicted molar refractivity (Wildman–Crippen MR) is 98.3 cm³/mol. The molecule has 2 aromatic carbocycles. The predicted octanol–water partition coefficient (Wildman–Crippen LogP) is 4.29. The molecule has 0 aliphatic carbocycles. The average molecular weight is 342 g/mol. The van der Waals surface area contributed by atoms with E-state index in [0.29, 0.717) is 19.6 Å². The van der Waals surface area contributed by atoms with Crippen molar-refractivity contribution < 1.29 is 19.0 Å². The van der Waals surface area contributed by atoms with Gasteiger partial charge in [0.1, 0.15) is 11.5 Å². The fourth-order valence-corrected chi connectivity index (χ4v) is 2.46. The number of carbonyl (C=O) groups excluding carboxylic acids is 1. The minimum atomic E-state index is -0.737. The zero-order chi connectivity index (χ0) is 18.3. The number of aryl methyl sites for hydroxylation is 1. The van der Waals surface area contributed by atoms with Gasteiger partial charge in [0.25, 0.3) is 0 Å². The third kappa shape index (κ3) is 5.24. The number of hydrogen-bond donors (Lipinski definition) is 0. The Labute approximate surface area is 149 Å². The Morgan fingerprint density at radius 3 is 2.40 bits per heavy atom. The molecular weight excluding hydrogens is 316 g/mol. The van der Waals surface area contributed by atoms with Crippen molar-refractivity contribution in [2.45, 2.75) is 32.6 Å². The molecule has 0 spiro atoms. The fourth-order valence-electron chi connectivity index (χ4n) is 2.46. The van der Waals surface area contributed by atoms with Crippen LogP contribution in [0.25, 0.3) is 0 Å². The summed E-state index contributed by atoms with van der Waals surface area (Å²) in [6.07, 6.45) is 0.647. The molecule has 0 aliphatic rings. The lowest BCUT2D eigenvalue weighted by molar-refractivity contribution is -0.149. The highest BCUT2D eigenvalue weighted by Crippen LogP contribution is 2.29. The molecule has 25 heavy (non-hydrogen) atoms. The van der Waals surface area contributed by atoms with Crippen LogP contribution < -0.4 is 9.47 Å². The molecule has 0 N–H and O–H groups in total. The van der Waals surface area contributed by atoms with Crippen LogP contribution in [0.5, 0.6) is 11.5 Å². The molecule has 0 atom stereocenters. The maximum atomic E-state index is 12.5. The summed E-state index contributed by atoms with van der Waals surface area (Å²) in [5.74, 6) is 1.31. The van der Waals surface area contributed by atoms with E-state index < -0.39 is 5.41 Å². The van der Waals surface area contributed by atoms with Gasteiger partial charge in [-0.2, -0.15) is 0 Å². The van der Waals surface area contributed by atoms with Gasteiger partial charge >= 0.3 is 5.97 Å². The van der Waals surface area contributed by atoms with Crippen LogP contribution in [0, 0.1) is 6.92 Å². The summed E-state index contributed by atoms with van der Waals surface area (Å²) in [6.45, 7) is 6.55. The van der Waals surface area contributed by atoms with Crippen molar-refractivity contribution in [3.05, 3.63) is 59.7 Å².